The number of hydrogen-bond acceptors (Lipinski definition) is 2. The van der Waals surface area contributed by atoms with Crippen LogP contribution in [0.1, 0.15) is 57.0 Å². The van der Waals surface area contributed by atoms with Gasteiger partial charge in [-0.3, -0.25) is 0 Å². The van der Waals surface area contributed by atoms with Crippen molar-refractivity contribution in [3.05, 3.63) is 35.1 Å². The minimum atomic E-state index is 0.0980. The molecule has 0 aliphatic carbocycles. The molecule has 0 radical (unpaired) electrons. The number of rotatable bonds is 3. The summed E-state index contributed by atoms with van der Waals surface area (Å²) in [5, 5.41) is 4.52. The standard InChI is InChI=1S/C17H25NO/c1-7-14(18-6)15-10-12-8-11(2)9-13(16(12)19-15)17(3,4)5/h8-10,14,18H,7H2,1-6H3. The van der Waals surface area contributed by atoms with E-state index in [1.165, 1.54) is 16.5 Å². The Labute approximate surface area is 116 Å². The summed E-state index contributed by atoms with van der Waals surface area (Å²) in [4.78, 5) is 0. The highest BCUT2D eigenvalue weighted by atomic mass is 16.3. The summed E-state index contributed by atoms with van der Waals surface area (Å²) in [5.74, 6) is 1.04. The highest BCUT2D eigenvalue weighted by Crippen LogP contribution is 2.35. The van der Waals surface area contributed by atoms with Crippen LogP contribution in [-0.2, 0) is 5.41 Å². The van der Waals surface area contributed by atoms with Gasteiger partial charge in [0.15, 0.2) is 0 Å². The maximum atomic E-state index is 6.16. The van der Waals surface area contributed by atoms with E-state index in [0.29, 0.717) is 6.04 Å². The van der Waals surface area contributed by atoms with E-state index in [0.717, 1.165) is 17.8 Å². The molecule has 0 aliphatic heterocycles. The normalized spacial score (nSPS) is 14.0. The van der Waals surface area contributed by atoms with E-state index in [4.69, 9.17) is 4.42 Å². The quantitative estimate of drug-likeness (QED) is 0.863. The molecule has 0 amide bonds. The Balaban J connectivity index is 2.65. The van der Waals surface area contributed by atoms with Crippen molar-refractivity contribution in [2.45, 2.75) is 52.5 Å². The summed E-state index contributed by atoms with van der Waals surface area (Å²) in [7, 11) is 1.98. The highest BCUT2D eigenvalue weighted by molar-refractivity contribution is 5.83. The first-order valence-electron chi connectivity index (χ1n) is 7.08. The summed E-state index contributed by atoms with van der Waals surface area (Å²) in [6, 6.07) is 6.93. The Morgan fingerprint density at radius 2 is 1.89 bits per heavy atom. The largest absolute Gasteiger partial charge is 0.459 e. The molecule has 1 heterocycles. The zero-order valence-corrected chi connectivity index (χ0v) is 12.9. The third kappa shape index (κ3) is 2.69. The average molecular weight is 259 g/mol. The van der Waals surface area contributed by atoms with Gasteiger partial charge in [0.2, 0.25) is 0 Å². The lowest BCUT2D eigenvalue weighted by Crippen LogP contribution is -2.14. The van der Waals surface area contributed by atoms with Crippen molar-refractivity contribution in [2.75, 3.05) is 7.05 Å². The van der Waals surface area contributed by atoms with Gasteiger partial charge in [-0.05, 0) is 43.5 Å². The maximum Gasteiger partial charge on any atom is 0.138 e. The molecule has 2 nitrogen and oxygen atoms in total. The zero-order valence-electron chi connectivity index (χ0n) is 12.9. The van der Waals surface area contributed by atoms with E-state index < -0.39 is 0 Å². The molecule has 1 N–H and O–H groups in total. The van der Waals surface area contributed by atoms with Crippen molar-refractivity contribution in [1.29, 1.82) is 0 Å². The molecule has 0 bridgehead atoms. The number of benzene rings is 1. The Kier molecular flexibility index (Phi) is 3.73. The average Bonchev–Trinajstić information content (AvgIpc) is 2.71. The second kappa shape index (κ2) is 5.01. The molecule has 2 rings (SSSR count). The van der Waals surface area contributed by atoms with Crippen molar-refractivity contribution >= 4 is 11.0 Å². The Hall–Kier alpha value is -1.28. The smallest absolute Gasteiger partial charge is 0.138 e. The lowest BCUT2D eigenvalue weighted by Gasteiger charge is -2.20. The zero-order chi connectivity index (χ0) is 14.2. The van der Waals surface area contributed by atoms with Crippen LogP contribution in [0.25, 0.3) is 11.0 Å². The second-order valence-corrected chi connectivity index (χ2v) is 6.38. The Bertz CT molecular complexity index is 571. The molecular formula is C17H25NO. The van der Waals surface area contributed by atoms with Crippen LogP contribution in [0, 0.1) is 6.92 Å². The first-order chi connectivity index (χ1) is 8.86. The summed E-state index contributed by atoms with van der Waals surface area (Å²) >= 11 is 0. The Morgan fingerprint density at radius 1 is 1.21 bits per heavy atom. The lowest BCUT2D eigenvalue weighted by molar-refractivity contribution is 0.439. The van der Waals surface area contributed by atoms with Gasteiger partial charge in [-0.1, -0.05) is 33.8 Å². The predicted octanol–water partition coefficient (Wildman–Crippen LogP) is 4.71. The molecule has 2 aromatic rings. The topological polar surface area (TPSA) is 25.2 Å². The van der Waals surface area contributed by atoms with Crippen LogP contribution < -0.4 is 5.32 Å². The van der Waals surface area contributed by atoms with Gasteiger partial charge in [0.25, 0.3) is 0 Å². The molecule has 1 atom stereocenters. The lowest BCUT2D eigenvalue weighted by atomic mass is 9.85. The minimum absolute atomic E-state index is 0.0980. The van der Waals surface area contributed by atoms with Crippen molar-refractivity contribution in [1.82, 2.24) is 5.32 Å². The number of fused-ring (bicyclic) bond motifs is 1. The summed E-state index contributed by atoms with van der Waals surface area (Å²) in [6.07, 6.45) is 1.03. The molecule has 1 aromatic heterocycles. The van der Waals surface area contributed by atoms with Gasteiger partial charge in [-0.25, -0.2) is 0 Å². The molecule has 1 aromatic carbocycles. The second-order valence-electron chi connectivity index (χ2n) is 6.38. The molecule has 19 heavy (non-hydrogen) atoms. The van der Waals surface area contributed by atoms with Gasteiger partial charge in [0.1, 0.15) is 11.3 Å². The van der Waals surface area contributed by atoms with E-state index in [1.807, 2.05) is 7.05 Å². The van der Waals surface area contributed by atoms with Crippen molar-refractivity contribution in [3.8, 4) is 0 Å². The third-order valence-electron chi connectivity index (χ3n) is 3.69. The number of hydrogen-bond donors (Lipinski definition) is 1. The molecule has 2 heteroatoms. The number of furan rings is 1. The van der Waals surface area contributed by atoms with Gasteiger partial charge in [0, 0.05) is 10.9 Å². The fraction of sp³-hybridized carbons (Fsp3) is 0.529. The van der Waals surface area contributed by atoms with Crippen molar-refractivity contribution in [2.24, 2.45) is 0 Å². The fourth-order valence-corrected chi connectivity index (χ4v) is 2.60. The number of nitrogens with one attached hydrogen (secondary N) is 1. The van der Waals surface area contributed by atoms with Crippen LogP contribution in [0.15, 0.2) is 22.6 Å². The van der Waals surface area contributed by atoms with Gasteiger partial charge in [-0.2, -0.15) is 0 Å². The molecule has 0 saturated heterocycles. The van der Waals surface area contributed by atoms with Crippen molar-refractivity contribution in [3.63, 3.8) is 0 Å². The summed E-state index contributed by atoms with van der Waals surface area (Å²) in [5.41, 5.74) is 3.73. The van der Waals surface area contributed by atoms with Gasteiger partial charge in [0.05, 0.1) is 6.04 Å². The van der Waals surface area contributed by atoms with Crippen LogP contribution in [0.4, 0.5) is 0 Å². The maximum absolute atomic E-state index is 6.16. The van der Waals surface area contributed by atoms with Gasteiger partial charge >= 0.3 is 0 Å². The molecule has 0 fully saturated rings. The minimum Gasteiger partial charge on any atom is -0.459 e. The van der Waals surface area contributed by atoms with Crippen molar-refractivity contribution < 1.29 is 4.42 Å². The molecule has 0 saturated carbocycles. The van der Waals surface area contributed by atoms with Gasteiger partial charge < -0.3 is 9.73 Å². The highest BCUT2D eigenvalue weighted by Gasteiger charge is 2.21. The fourth-order valence-electron chi connectivity index (χ4n) is 2.60. The van der Waals surface area contributed by atoms with E-state index in [2.05, 4.69) is 58.1 Å². The molecule has 0 spiro atoms. The van der Waals surface area contributed by atoms with E-state index in [-0.39, 0.29) is 5.41 Å². The first-order valence-corrected chi connectivity index (χ1v) is 7.08. The van der Waals surface area contributed by atoms with E-state index in [9.17, 15) is 0 Å². The molecule has 1 unspecified atom stereocenters. The molecular weight excluding hydrogens is 234 g/mol. The molecule has 104 valence electrons. The van der Waals surface area contributed by atoms with Crippen LogP contribution >= 0.6 is 0 Å². The SMILES string of the molecule is CCC(NC)c1cc2cc(C)cc(C(C)(C)C)c2o1. The van der Waals surface area contributed by atoms with Crippen LogP contribution in [-0.4, -0.2) is 7.05 Å². The predicted molar refractivity (Wildman–Crippen MR) is 81.7 cm³/mol. The summed E-state index contributed by atoms with van der Waals surface area (Å²) in [6.45, 7) is 11.0. The monoisotopic (exact) mass is 259 g/mol. The van der Waals surface area contributed by atoms with Crippen LogP contribution in [0.5, 0.6) is 0 Å². The summed E-state index contributed by atoms with van der Waals surface area (Å²) < 4.78 is 6.16. The third-order valence-corrected chi connectivity index (χ3v) is 3.69. The molecule has 0 aliphatic rings. The van der Waals surface area contributed by atoms with Crippen LogP contribution in [0.2, 0.25) is 0 Å². The van der Waals surface area contributed by atoms with Gasteiger partial charge in [-0.15, -0.1) is 0 Å². The number of aryl methyl sites for hydroxylation is 1. The Morgan fingerprint density at radius 3 is 2.42 bits per heavy atom. The van der Waals surface area contributed by atoms with Crippen LogP contribution in [0.3, 0.4) is 0 Å². The first kappa shape index (κ1) is 14.1. The van der Waals surface area contributed by atoms with E-state index >= 15 is 0 Å². The van der Waals surface area contributed by atoms with E-state index in [1.54, 1.807) is 0 Å².